The summed E-state index contributed by atoms with van der Waals surface area (Å²) in [5.41, 5.74) is 7.27. The Hall–Kier alpha value is -4.42. The highest BCUT2D eigenvalue weighted by Crippen LogP contribution is 2.29. The number of aromatic nitrogens is 1. The molecule has 0 radical (unpaired) electrons. The first-order valence-corrected chi connectivity index (χ1v) is 13.2. The number of carbonyl (C=O) groups is 1. The second-order valence-electron chi connectivity index (χ2n) is 9.90. The summed E-state index contributed by atoms with van der Waals surface area (Å²) in [6, 6.07) is 26.4. The van der Waals surface area contributed by atoms with Crippen molar-refractivity contribution in [2.75, 3.05) is 26.4 Å². The van der Waals surface area contributed by atoms with Crippen LogP contribution in [0.1, 0.15) is 32.8 Å². The Bertz CT molecular complexity index is 1610. The Balaban J connectivity index is 1.30. The van der Waals surface area contributed by atoms with Crippen LogP contribution in [-0.4, -0.2) is 42.2 Å². The van der Waals surface area contributed by atoms with Crippen molar-refractivity contribution >= 4 is 16.9 Å². The molecule has 6 nitrogen and oxygen atoms in total. The number of benzene rings is 3. The van der Waals surface area contributed by atoms with Crippen LogP contribution in [0.25, 0.3) is 22.1 Å². The third-order valence-electron chi connectivity index (χ3n) is 6.98. The molecule has 0 atom stereocenters. The summed E-state index contributed by atoms with van der Waals surface area (Å²) in [5, 5.41) is 0.922. The van der Waals surface area contributed by atoms with Gasteiger partial charge in [-0.05, 0) is 65.1 Å². The lowest BCUT2D eigenvalue weighted by molar-refractivity contribution is 0.0549. The van der Waals surface area contributed by atoms with Crippen LogP contribution >= 0.6 is 0 Å². The molecule has 0 saturated heterocycles. The molecule has 196 valence electrons. The summed E-state index contributed by atoms with van der Waals surface area (Å²) in [6.07, 6.45) is 4.35. The van der Waals surface area contributed by atoms with E-state index in [9.17, 15) is 4.79 Å². The maximum absolute atomic E-state index is 13.6. The Morgan fingerprint density at radius 2 is 1.79 bits per heavy atom. The van der Waals surface area contributed by atoms with Gasteiger partial charge in [0.2, 0.25) is 0 Å². The molecule has 3 heterocycles. The largest absolute Gasteiger partial charge is 0.491 e. The average molecular weight is 519 g/mol. The molecular formula is C33H30N2O4. The molecule has 3 aromatic carbocycles. The molecule has 0 N–H and O–H groups in total. The number of nitrogens with zero attached hydrogens (tertiary/aromatic N) is 2. The maximum Gasteiger partial charge on any atom is 0.289 e. The number of ether oxygens (including phenoxy) is 2. The number of rotatable bonds is 2. The van der Waals surface area contributed by atoms with Crippen molar-refractivity contribution in [3.63, 3.8) is 0 Å². The SMILES string of the molecule is Cc1ccc2cc(C(=O)N3CCOCCOc4ccc(-c5cccnc5)cc4Cc4cccc(c4)C3)oc2c1. The van der Waals surface area contributed by atoms with Crippen molar-refractivity contribution in [2.45, 2.75) is 19.9 Å². The molecule has 0 aliphatic carbocycles. The van der Waals surface area contributed by atoms with Gasteiger partial charge in [0.15, 0.2) is 5.76 Å². The molecule has 0 unspecified atom stereocenters. The highest BCUT2D eigenvalue weighted by molar-refractivity contribution is 5.96. The Morgan fingerprint density at radius 3 is 2.69 bits per heavy atom. The van der Waals surface area contributed by atoms with Gasteiger partial charge >= 0.3 is 0 Å². The number of aryl methyl sites for hydroxylation is 1. The van der Waals surface area contributed by atoms with Gasteiger partial charge in [-0.2, -0.15) is 0 Å². The molecule has 2 bridgehead atoms. The van der Waals surface area contributed by atoms with Gasteiger partial charge in [0, 0.05) is 42.9 Å². The molecule has 39 heavy (non-hydrogen) atoms. The van der Waals surface area contributed by atoms with E-state index in [4.69, 9.17) is 13.9 Å². The monoisotopic (exact) mass is 518 g/mol. The zero-order valence-electron chi connectivity index (χ0n) is 21.9. The van der Waals surface area contributed by atoms with Crippen LogP contribution < -0.4 is 4.74 Å². The van der Waals surface area contributed by atoms with Crippen molar-refractivity contribution in [1.82, 2.24) is 9.88 Å². The van der Waals surface area contributed by atoms with E-state index in [2.05, 4.69) is 41.4 Å². The fraction of sp³-hybridized carbons (Fsp3) is 0.212. The lowest BCUT2D eigenvalue weighted by atomic mass is 9.98. The minimum absolute atomic E-state index is 0.146. The minimum Gasteiger partial charge on any atom is -0.491 e. The van der Waals surface area contributed by atoms with E-state index in [1.807, 2.05) is 55.6 Å². The number of fused-ring (bicyclic) bond motifs is 4. The van der Waals surface area contributed by atoms with Crippen molar-refractivity contribution in [3.8, 4) is 16.9 Å². The zero-order valence-corrected chi connectivity index (χ0v) is 21.9. The molecular weight excluding hydrogens is 488 g/mol. The number of hydrogen-bond donors (Lipinski definition) is 0. The fourth-order valence-corrected chi connectivity index (χ4v) is 4.99. The van der Waals surface area contributed by atoms with Gasteiger partial charge in [-0.3, -0.25) is 9.78 Å². The first-order valence-electron chi connectivity index (χ1n) is 13.2. The number of carbonyl (C=O) groups excluding carboxylic acids is 1. The second kappa shape index (κ2) is 11.1. The van der Waals surface area contributed by atoms with Gasteiger partial charge < -0.3 is 18.8 Å². The Morgan fingerprint density at radius 1 is 0.872 bits per heavy atom. The van der Waals surface area contributed by atoms with Gasteiger partial charge in [-0.1, -0.05) is 48.5 Å². The lowest BCUT2D eigenvalue weighted by Gasteiger charge is -2.23. The molecule has 1 amide bonds. The summed E-state index contributed by atoms with van der Waals surface area (Å²) in [5.74, 6) is 1.05. The van der Waals surface area contributed by atoms with Crippen molar-refractivity contribution in [3.05, 3.63) is 119 Å². The zero-order chi connectivity index (χ0) is 26.6. The highest BCUT2D eigenvalue weighted by atomic mass is 16.5. The number of hydrogen-bond acceptors (Lipinski definition) is 5. The van der Waals surface area contributed by atoms with Crippen molar-refractivity contribution in [2.24, 2.45) is 0 Å². The van der Waals surface area contributed by atoms with Crippen LogP contribution in [0.4, 0.5) is 0 Å². The van der Waals surface area contributed by atoms with Gasteiger partial charge in [-0.15, -0.1) is 0 Å². The predicted molar refractivity (Wildman–Crippen MR) is 151 cm³/mol. The molecule has 5 aromatic rings. The first kappa shape index (κ1) is 24.9. The van der Waals surface area contributed by atoms with E-state index in [0.717, 1.165) is 50.1 Å². The molecule has 6 rings (SSSR count). The standard InChI is InChI=1S/C33H30N2O4/c1-23-7-8-27-20-32(39-31(27)16-23)33(36)35-12-13-37-14-15-38-30-10-9-26(28-6-3-11-34-21-28)19-29(30)18-24-4-2-5-25(17-24)22-35/h2-11,16-17,19-21H,12-15,18,22H2,1H3. The first-order chi connectivity index (χ1) is 19.1. The van der Waals surface area contributed by atoms with E-state index in [1.165, 1.54) is 0 Å². The van der Waals surface area contributed by atoms with Gasteiger partial charge in [-0.25, -0.2) is 0 Å². The molecule has 0 spiro atoms. The third-order valence-corrected chi connectivity index (χ3v) is 6.98. The molecule has 6 heteroatoms. The van der Waals surface area contributed by atoms with E-state index in [0.29, 0.717) is 45.1 Å². The van der Waals surface area contributed by atoms with Gasteiger partial charge in [0.25, 0.3) is 5.91 Å². The Labute approximate surface area is 227 Å². The van der Waals surface area contributed by atoms with E-state index in [1.54, 1.807) is 11.1 Å². The predicted octanol–water partition coefficient (Wildman–Crippen LogP) is 6.45. The summed E-state index contributed by atoms with van der Waals surface area (Å²) in [7, 11) is 0. The van der Waals surface area contributed by atoms with Gasteiger partial charge in [0.1, 0.15) is 17.9 Å². The van der Waals surface area contributed by atoms with E-state index >= 15 is 0 Å². The fourth-order valence-electron chi connectivity index (χ4n) is 4.99. The van der Waals surface area contributed by atoms with Crippen LogP contribution in [0, 0.1) is 6.92 Å². The van der Waals surface area contributed by atoms with E-state index in [-0.39, 0.29) is 5.91 Å². The van der Waals surface area contributed by atoms with Crippen LogP contribution in [0.3, 0.4) is 0 Å². The summed E-state index contributed by atoms with van der Waals surface area (Å²) >= 11 is 0. The summed E-state index contributed by atoms with van der Waals surface area (Å²) in [4.78, 5) is 19.6. The lowest BCUT2D eigenvalue weighted by Crippen LogP contribution is -2.33. The summed E-state index contributed by atoms with van der Waals surface area (Å²) in [6.45, 7) is 4.18. The normalized spacial score (nSPS) is 14.3. The van der Waals surface area contributed by atoms with Crippen molar-refractivity contribution < 1.29 is 18.7 Å². The van der Waals surface area contributed by atoms with Crippen LogP contribution in [0.5, 0.6) is 5.75 Å². The quantitative estimate of drug-likeness (QED) is 0.269. The minimum atomic E-state index is -0.146. The molecule has 1 aliphatic heterocycles. The molecule has 0 saturated carbocycles. The number of furan rings is 1. The maximum atomic E-state index is 13.6. The summed E-state index contributed by atoms with van der Waals surface area (Å²) < 4.78 is 18.0. The Kier molecular flexibility index (Phi) is 7.11. The average Bonchev–Trinajstić information content (AvgIpc) is 3.38. The van der Waals surface area contributed by atoms with Crippen LogP contribution in [0.15, 0.2) is 95.7 Å². The second-order valence-corrected chi connectivity index (χ2v) is 9.90. The van der Waals surface area contributed by atoms with Crippen molar-refractivity contribution in [1.29, 1.82) is 0 Å². The van der Waals surface area contributed by atoms with Crippen LogP contribution in [0.2, 0.25) is 0 Å². The number of pyridine rings is 1. The van der Waals surface area contributed by atoms with Gasteiger partial charge in [0.05, 0.1) is 13.2 Å². The third kappa shape index (κ3) is 5.71. The van der Waals surface area contributed by atoms with E-state index < -0.39 is 0 Å². The topological polar surface area (TPSA) is 64.8 Å². The highest BCUT2D eigenvalue weighted by Gasteiger charge is 2.21. The number of amides is 1. The molecule has 2 aromatic heterocycles. The molecule has 0 fully saturated rings. The van der Waals surface area contributed by atoms with Crippen LogP contribution in [-0.2, 0) is 17.7 Å². The smallest absolute Gasteiger partial charge is 0.289 e. The molecule has 1 aliphatic rings.